The molecule has 0 aliphatic carbocycles. The molecule has 78 valence electrons. The van der Waals surface area contributed by atoms with Crippen LogP contribution in [0.25, 0.3) is 0 Å². The van der Waals surface area contributed by atoms with Crippen molar-refractivity contribution < 1.29 is 4.79 Å². The predicted octanol–water partition coefficient (Wildman–Crippen LogP) is 1.58. The van der Waals surface area contributed by atoms with Crippen molar-refractivity contribution in [1.82, 2.24) is 0 Å². The first-order chi connectivity index (χ1) is 7.00. The SMILES string of the molecule is C#C[C@H](c1ccccc1)[C@@](C)(S)C(N)=O. The summed E-state index contributed by atoms with van der Waals surface area (Å²) in [6, 6.07) is 9.34. The van der Waals surface area contributed by atoms with E-state index < -0.39 is 16.6 Å². The molecule has 0 saturated heterocycles. The van der Waals surface area contributed by atoms with Crippen LogP contribution in [-0.2, 0) is 4.79 Å². The fraction of sp³-hybridized carbons (Fsp3) is 0.250. The van der Waals surface area contributed by atoms with Crippen LogP contribution in [0.15, 0.2) is 30.3 Å². The van der Waals surface area contributed by atoms with Gasteiger partial charge in [0, 0.05) is 0 Å². The highest BCUT2D eigenvalue weighted by Gasteiger charge is 2.36. The topological polar surface area (TPSA) is 43.1 Å². The smallest absolute Gasteiger partial charge is 0.234 e. The zero-order valence-corrected chi connectivity index (χ0v) is 9.37. The van der Waals surface area contributed by atoms with Crippen LogP contribution in [-0.4, -0.2) is 10.7 Å². The van der Waals surface area contributed by atoms with E-state index in [2.05, 4.69) is 18.5 Å². The van der Waals surface area contributed by atoms with E-state index in [1.165, 1.54) is 0 Å². The molecule has 0 bridgehead atoms. The summed E-state index contributed by atoms with van der Waals surface area (Å²) < 4.78 is -1.03. The van der Waals surface area contributed by atoms with Gasteiger partial charge in [-0.1, -0.05) is 36.3 Å². The predicted molar refractivity (Wildman–Crippen MR) is 64.6 cm³/mol. The maximum Gasteiger partial charge on any atom is 0.234 e. The van der Waals surface area contributed by atoms with Gasteiger partial charge in [0.05, 0.1) is 5.92 Å². The number of primary amides is 1. The lowest BCUT2D eigenvalue weighted by molar-refractivity contribution is -0.120. The van der Waals surface area contributed by atoms with Crippen LogP contribution in [0, 0.1) is 12.3 Å². The Balaban J connectivity index is 3.12. The lowest BCUT2D eigenvalue weighted by Crippen LogP contribution is -2.40. The van der Waals surface area contributed by atoms with E-state index in [1.54, 1.807) is 6.92 Å². The first-order valence-corrected chi connectivity index (χ1v) is 4.98. The largest absolute Gasteiger partial charge is 0.368 e. The molecule has 1 rings (SSSR count). The number of carbonyl (C=O) groups is 1. The van der Waals surface area contributed by atoms with E-state index in [0.29, 0.717) is 0 Å². The fourth-order valence-electron chi connectivity index (χ4n) is 1.37. The fourth-order valence-corrected chi connectivity index (χ4v) is 1.59. The van der Waals surface area contributed by atoms with Crippen LogP contribution >= 0.6 is 12.6 Å². The summed E-state index contributed by atoms with van der Waals surface area (Å²) in [6.45, 7) is 1.63. The number of carbonyl (C=O) groups excluding carboxylic acids is 1. The molecule has 0 aliphatic heterocycles. The zero-order chi connectivity index (χ0) is 11.5. The quantitative estimate of drug-likeness (QED) is 0.588. The van der Waals surface area contributed by atoms with Crippen LogP contribution in [0.1, 0.15) is 18.4 Å². The number of hydrogen-bond acceptors (Lipinski definition) is 2. The van der Waals surface area contributed by atoms with Gasteiger partial charge in [0.25, 0.3) is 0 Å². The number of rotatable bonds is 3. The molecule has 0 radical (unpaired) electrons. The number of benzene rings is 1. The van der Waals surface area contributed by atoms with Gasteiger partial charge in [-0.25, -0.2) is 0 Å². The average Bonchev–Trinajstić information content (AvgIpc) is 2.19. The Hall–Kier alpha value is -1.40. The highest BCUT2D eigenvalue weighted by atomic mass is 32.1. The molecule has 0 fully saturated rings. The van der Waals surface area contributed by atoms with Crippen molar-refractivity contribution >= 4 is 18.5 Å². The van der Waals surface area contributed by atoms with Crippen molar-refractivity contribution in [3.63, 3.8) is 0 Å². The molecule has 1 amide bonds. The highest BCUT2D eigenvalue weighted by molar-refractivity contribution is 7.82. The minimum Gasteiger partial charge on any atom is -0.368 e. The summed E-state index contributed by atoms with van der Waals surface area (Å²) in [7, 11) is 0. The van der Waals surface area contributed by atoms with Gasteiger partial charge in [-0.2, -0.15) is 12.6 Å². The molecular formula is C12H13NOS. The van der Waals surface area contributed by atoms with Crippen molar-refractivity contribution in [2.75, 3.05) is 0 Å². The number of amides is 1. The Bertz CT molecular complexity index is 392. The molecule has 2 atom stereocenters. The van der Waals surface area contributed by atoms with Gasteiger partial charge in [-0.3, -0.25) is 4.79 Å². The van der Waals surface area contributed by atoms with Gasteiger partial charge < -0.3 is 5.73 Å². The Morgan fingerprint density at radius 3 is 2.47 bits per heavy atom. The van der Waals surface area contributed by atoms with Crippen molar-refractivity contribution in [1.29, 1.82) is 0 Å². The molecule has 2 nitrogen and oxygen atoms in total. The summed E-state index contributed by atoms with van der Waals surface area (Å²) in [5.41, 5.74) is 6.14. The summed E-state index contributed by atoms with van der Waals surface area (Å²) in [4.78, 5) is 11.2. The molecule has 3 heteroatoms. The van der Waals surface area contributed by atoms with Crippen LogP contribution in [0.4, 0.5) is 0 Å². The summed E-state index contributed by atoms with van der Waals surface area (Å²) >= 11 is 4.25. The highest BCUT2D eigenvalue weighted by Crippen LogP contribution is 2.32. The van der Waals surface area contributed by atoms with Gasteiger partial charge in [-0.05, 0) is 12.5 Å². The van der Waals surface area contributed by atoms with Crippen LogP contribution in [0.2, 0.25) is 0 Å². The first-order valence-electron chi connectivity index (χ1n) is 4.53. The van der Waals surface area contributed by atoms with Crippen molar-refractivity contribution in [3.8, 4) is 12.3 Å². The molecule has 0 unspecified atom stereocenters. The third-order valence-corrected chi connectivity index (χ3v) is 2.84. The van der Waals surface area contributed by atoms with Gasteiger partial charge in [-0.15, -0.1) is 6.42 Å². The Kier molecular flexibility index (Phi) is 3.43. The number of thiol groups is 1. The van der Waals surface area contributed by atoms with E-state index in [4.69, 9.17) is 12.2 Å². The van der Waals surface area contributed by atoms with Gasteiger partial charge >= 0.3 is 0 Å². The molecule has 1 aromatic carbocycles. The first kappa shape index (κ1) is 11.7. The minimum atomic E-state index is -1.03. The van der Waals surface area contributed by atoms with E-state index in [-0.39, 0.29) is 0 Å². The molecule has 1 aromatic rings. The van der Waals surface area contributed by atoms with Gasteiger partial charge in [0.2, 0.25) is 5.91 Å². The number of hydrogen-bond donors (Lipinski definition) is 2. The van der Waals surface area contributed by atoms with E-state index in [0.717, 1.165) is 5.56 Å². The molecule has 0 aromatic heterocycles. The van der Waals surface area contributed by atoms with Crippen molar-refractivity contribution in [3.05, 3.63) is 35.9 Å². The lowest BCUT2D eigenvalue weighted by Gasteiger charge is -2.26. The monoisotopic (exact) mass is 219 g/mol. The molecule has 0 aliphatic rings. The Labute approximate surface area is 95.3 Å². The van der Waals surface area contributed by atoms with Gasteiger partial charge in [0.1, 0.15) is 4.75 Å². The Morgan fingerprint density at radius 1 is 1.53 bits per heavy atom. The normalized spacial score (nSPS) is 16.1. The van der Waals surface area contributed by atoms with E-state index in [9.17, 15) is 4.79 Å². The van der Waals surface area contributed by atoms with Crippen molar-refractivity contribution in [2.24, 2.45) is 5.73 Å². The zero-order valence-electron chi connectivity index (χ0n) is 8.47. The number of terminal acetylenes is 1. The van der Waals surface area contributed by atoms with Crippen molar-refractivity contribution in [2.45, 2.75) is 17.6 Å². The van der Waals surface area contributed by atoms with Gasteiger partial charge in [0.15, 0.2) is 0 Å². The van der Waals surface area contributed by atoms with E-state index >= 15 is 0 Å². The summed E-state index contributed by atoms with van der Waals surface area (Å²) in [6.07, 6.45) is 5.42. The molecule has 0 heterocycles. The molecule has 15 heavy (non-hydrogen) atoms. The lowest BCUT2D eigenvalue weighted by atomic mass is 9.86. The second-order valence-electron chi connectivity index (χ2n) is 3.52. The summed E-state index contributed by atoms with van der Waals surface area (Å²) in [5.74, 6) is 1.63. The third-order valence-electron chi connectivity index (χ3n) is 2.36. The molecular weight excluding hydrogens is 206 g/mol. The second-order valence-corrected chi connectivity index (χ2v) is 4.45. The van der Waals surface area contributed by atoms with E-state index in [1.807, 2.05) is 30.3 Å². The van der Waals surface area contributed by atoms with Crippen LogP contribution < -0.4 is 5.73 Å². The second kappa shape index (κ2) is 4.41. The van der Waals surface area contributed by atoms with Crippen LogP contribution in [0.5, 0.6) is 0 Å². The maximum absolute atomic E-state index is 11.2. The third kappa shape index (κ3) is 2.34. The summed E-state index contributed by atoms with van der Waals surface area (Å²) in [5, 5.41) is 0. The van der Waals surface area contributed by atoms with Crippen LogP contribution in [0.3, 0.4) is 0 Å². The molecule has 0 saturated carbocycles. The maximum atomic E-state index is 11.2. The molecule has 2 N–H and O–H groups in total. The Morgan fingerprint density at radius 2 is 2.07 bits per heavy atom. The number of nitrogens with two attached hydrogens (primary N) is 1. The average molecular weight is 219 g/mol. The minimum absolute atomic E-state index is 0.417. The molecule has 0 spiro atoms. The standard InChI is InChI=1S/C12H13NOS/c1-3-10(12(2,15)11(13)14)9-7-5-4-6-8-9/h1,4-8,10,15H,2H3,(H2,13,14)/t10-,12-/m1/s1.